The molecule has 0 saturated carbocycles. The molecule has 0 unspecified atom stereocenters. The van der Waals surface area contributed by atoms with Gasteiger partial charge in [0.15, 0.2) is 5.82 Å². The summed E-state index contributed by atoms with van der Waals surface area (Å²) in [5, 5.41) is 6.73. The van der Waals surface area contributed by atoms with Crippen LogP contribution >= 0.6 is 0 Å². The van der Waals surface area contributed by atoms with Crippen LogP contribution in [0.15, 0.2) is 60.7 Å². The van der Waals surface area contributed by atoms with Gasteiger partial charge in [-0.15, -0.1) is 0 Å². The van der Waals surface area contributed by atoms with Gasteiger partial charge in [-0.1, -0.05) is 42.5 Å². The Morgan fingerprint density at radius 3 is 2.40 bits per heavy atom. The van der Waals surface area contributed by atoms with Crippen molar-refractivity contribution in [2.45, 2.75) is 6.92 Å². The first-order valence-corrected chi connectivity index (χ1v) is 13.1. The van der Waals surface area contributed by atoms with Crippen LogP contribution < -0.4 is 15.5 Å². The molecule has 206 valence electrons. The molecule has 5 rings (SSSR count). The number of para-hydroxylation sites is 1. The van der Waals surface area contributed by atoms with Gasteiger partial charge in [0.2, 0.25) is 5.91 Å². The van der Waals surface area contributed by atoms with Crippen LogP contribution in [-0.4, -0.2) is 84.0 Å². The molecule has 0 radical (unpaired) electrons. The molecule has 3 N–H and O–H groups in total. The predicted octanol–water partition coefficient (Wildman–Crippen LogP) is 2.92. The Morgan fingerprint density at radius 1 is 0.950 bits per heavy atom. The molecule has 11 nitrogen and oxygen atoms in total. The van der Waals surface area contributed by atoms with E-state index in [1.54, 1.807) is 23.1 Å². The zero-order chi connectivity index (χ0) is 28.1. The van der Waals surface area contributed by atoms with E-state index in [1.807, 2.05) is 42.5 Å². The van der Waals surface area contributed by atoms with E-state index in [-0.39, 0.29) is 17.8 Å². The standard InChI is InChI=1S/C29H31N7O4/c1-19(37)30-12-13-31-26-22-18-23(32-27(22)34-25(33-26)20-8-4-3-5-9-20)28(38)36-16-14-35(15-17-36)24-11-7-6-10-21(24)29(39)40-2/h3-11,18H,12-17H2,1-2H3,(H,30,37)(H2,31,32,33,34). The average Bonchev–Trinajstić information content (AvgIpc) is 3.43. The number of piperazine rings is 1. The highest BCUT2D eigenvalue weighted by atomic mass is 16.5. The minimum Gasteiger partial charge on any atom is -0.465 e. The number of hydrogen-bond donors (Lipinski definition) is 3. The van der Waals surface area contributed by atoms with E-state index in [1.165, 1.54) is 14.0 Å². The highest BCUT2D eigenvalue weighted by Crippen LogP contribution is 2.27. The number of methoxy groups -OCH3 is 1. The number of amides is 2. The number of carbonyl (C=O) groups excluding carboxylic acids is 3. The number of aromatic amines is 1. The van der Waals surface area contributed by atoms with E-state index in [0.717, 1.165) is 11.3 Å². The Hall–Kier alpha value is -4.93. The Labute approximate surface area is 231 Å². The molecule has 3 heterocycles. The molecule has 0 atom stereocenters. The predicted molar refractivity (Wildman–Crippen MR) is 152 cm³/mol. The van der Waals surface area contributed by atoms with Gasteiger partial charge in [-0.2, -0.15) is 0 Å². The number of anilines is 2. The molecule has 2 amide bonds. The third-order valence-corrected chi connectivity index (χ3v) is 6.76. The van der Waals surface area contributed by atoms with Crippen molar-refractivity contribution < 1.29 is 19.1 Å². The van der Waals surface area contributed by atoms with Crippen LogP contribution in [0.4, 0.5) is 11.5 Å². The number of carbonyl (C=O) groups is 3. The van der Waals surface area contributed by atoms with Crippen LogP contribution in [0, 0.1) is 0 Å². The summed E-state index contributed by atoms with van der Waals surface area (Å²) in [6.07, 6.45) is 0. The van der Waals surface area contributed by atoms with Crippen molar-refractivity contribution in [3.8, 4) is 11.4 Å². The minimum atomic E-state index is -0.385. The molecule has 11 heteroatoms. The summed E-state index contributed by atoms with van der Waals surface area (Å²) in [6.45, 7) is 4.50. The van der Waals surface area contributed by atoms with E-state index in [2.05, 4.69) is 20.5 Å². The highest BCUT2D eigenvalue weighted by Gasteiger charge is 2.26. The molecule has 1 aliphatic rings. The van der Waals surface area contributed by atoms with Gasteiger partial charge >= 0.3 is 5.97 Å². The van der Waals surface area contributed by atoms with Gasteiger partial charge in [0.05, 0.1) is 23.7 Å². The maximum Gasteiger partial charge on any atom is 0.339 e. The molecule has 1 saturated heterocycles. The van der Waals surface area contributed by atoms with E-state index >= 15 is 0 Å². The maximum absolute atomic E-state index is 13.5. The lowest BCUT2D eigenvalue weighted by atomic mass is 10.1. The number of H-pyrrole nitrogens is 1. The van der Waals surface area contributed by atoms with Crippen molar-refractivity contribution in [1.29, 1.82) is 0 Å². The zero-order valence-electron chi connectivity index (χ0n) is 22.4. The second-order valence-electron chi connectivity index (χ2n) is 9.40. The van der Waals surface area contributed by atoms with Gasteiger partial charge in [0.25, 0.3) is 5.91 Å². The Morgan fingerprint density at radius 2 is 1.68 bits per heavy atom. The summed E-state index contributed by atoms with van der Waals surface area (Å²) in [5.41, 5.74) is 3.12. The van der Waals surface area contributed by atoms with Gasteiger partial charge in [-0.3, -0.25) is 9.59 Å². The van der Waals surface area contributed by atoms with Crippen molar-refractivity contribution in [3.63, 3.8) is 0 Å². The highest BCUT2D eigenvalue weighted by molar-refractivity contribution is 6.00. The van der Waals surface area contributed by atoms with Gasteiger partial charge in [0, 0.05) is 51.8 Å². The zero-order valence-corrected chi connectivity index (χ0v) is 22.4. The lowest BCUT2D eigenvalue weighted by Gasteiger charge is -2.36. The first-order chi connectivity index (χ1) is 19.4. The lowest BCUT2D eigenvalue weighted by Crippen LogP contribution is -2.49. The molecular formula is C29H31N7O4. The second-order valence-corrected chi connectivity index (χ2v) is 9.40. The normalized spacial score (nSPS) is 13.2. The third kappa shape index (κ3) is 5.73. The van der Waals surface area contributed by atoms with Gasteiger partial charge < -0.3 is 30.2 Å². The molecular weight excluding hydrogens is 510 g/mol. The lowest BCUT2D eigenvalue weighted by molar-refractivity contribution is -0.118. The number of nitrogens with one attached hydrogen (secondary N) is 3. The quantitative estimate of drug-likeness (QED) is 0.229. The molecule has 0 bridgehead atoms. The monoisotopic (exact) mass is 541 g/mol. The van der Waals surface area contributed by atoms with Crippen LogP contribution in [0.3, 0.4) is 0 Å². The maximum atomic E-state index is 13.5. The average molecular weight is 542 g/mol. The Kier molecular flexibility index (Phi) is 7.90. The molecule has 1 aliphatic heterocycles. The number of esters is 1. The first kappa shape index (κ1) is 26.7. The fourth-order valence-corrected chi connectivity index (χ4v) is 4.75. The third-order valence-electron chi connectivity index (χ3n) is 6.76. The van der Waals surface area contributed by atoms with Crippen LogP contribution in [0.5, 0.6) is 0 Å². The van der Waals surface area contributed by atoms with Crippen LogP contribution in [0.2, 0.25) is 0 Å². The van der Waals surface area contributed by atoms with Gasteiger partial charge in [-0.05, 0) is 18.2 Å². The molecule has 2 aromatic heterocycles. The van der Waals surface area contributed by atoms with Crippen molar-refractivity contribution in [3.05, 3.63) is 71.9 Å². The van der Waals surface area contributed by atoms with E-state index < -0.39 is 0 Å². The molecule has 0 spiro atoms. The van der Waals surface area contributed by atoms with Crippen molar-refractivity contribution in [2.75, 3.05) is 56.6 Å². The SMILES string of the molecule is COC(=O)c1ccccc1N1CCN(C(=O)c2cc3c(NCCNC(C)=O)nc(-c4ccccc4)nc3[nH]2)CC1. The topological polar surface area (TPSA) is 133 Å². The minimum absolute atomic E-state index is 0.108. The summed E-state index contributed by atoms with van der Waals surface area (Å²) in [5.74, 6) is 0.472. The first-order valence-electron chi connectivity index (χ1n) is 13.1. The van der Waals surface area contributed by atoms with E-state index in [9.17, 15) is 14.4 Å². The van der Waals surface area contributed by atoms with Crippen molar-refractivity contribution >= 4 is 40.3 Å². The number of hydrogen-bond acceptors (Lipinski definition) is 8. The number of rotatable bonds is 8. The van der Waals surface area contributed by atoms with E-state index in [0.29, 0.717) is 73.2 Å². The molecule has 1 fully saturated rings. The van der Waals surface area contributed by atoms with Crippen molar-refractivity contribution in [2.24, 2.45) is 0 Å². The summed E-state index contributed by atoms with van der Waals surface area (Å²) >= 11 is 0. The molecule has 2 aromatic carbocycles. The van der Waals surface area contributed by atoms with Crippen molar-refractivity contribution in [1.82, 2.24) is 25.2 Å². The Bertz CT molecular complexity index is 1530. The molecule has 0 aliphatic carbocycles. The van der Waals surface area contributed by atoms with Crippen LogP contribution in [-0.2, 0) is 9.53 Å². The summed E-state index contributed by atoms with van der Waals surface area (Å²) in [7, 11) is 1.37. The number of aromatic nitrogens is 3. The number of fused-ring (bicyclic) bond motifs is 1. The van der Waals surface area contributed by atoms with Gasteiger partial charge in [0.1, 0.15) is 17.2 Å². The number of nitrogens with zero attached hydrogens (tertiary/aromatic N) is 4. The van der Waals surface area contributed by atoms with Gasteiger partial charge in [-0.25, -0.2) is 14.8 Å². The fourth-order valence-electron chi connectivity index (χ4n) is 4.75. The number of ether oxygens (including phenoxy) is 1. The summed E-state index contributed by atoms with van der Waals surface area (Å²) in [6, 6.07) is 18.7. The summed E-state index contributed by atoms with van der Waals surface area (Å²) in [4.78, 5) is 53.5. The second kappa shape index (κ2) is 11.9. The summed E-state index contributed by atoms with van der Waals surface area (Å²) < 4.78 is 4.93. The molecule has 40 heavy (non-hydrogen) atoms. The Balaban J connectivity index is 1.36. The number of benzene rings is 2. The fraction of sp³-hybridized carbons (Fsp3) is 0.276. The smallest absolute Gasteiger partial charge is 0.339 e. The van der Waals surface area contributed by atoms with E-state index in [4.69, 9.17) is 14.7 Å². The molecule has 4 aromatic rings. The van der Waals surface area contributed by atoms with Crippen LogP contribution in [0.1, 0.15) is 27.8 Å². The largest absolute Gasteiger partial charge is 0.465 e. The van der Waals surface area contributed by atoms with Crippen LogP contribution in [0.25, 0.3) is 22.4 Å².